The van der Waals surface area contributed by atoms with E-state index in [4.69, 9.17) is 9.47 Å². The fraction of sp³-hybridized carbons (Fsp3) is 0.226. The smallest absolute Gasteiger partial charge is 0.310 e. The molecular formula is C31H29FN4O5. The van der Waals surface area contributed by atoms with Gasteiger partial charge in [0.05, 0.1) is 24.4 Å². The van der Waals surface area contributed by atoms with Crippen LogP contribution in [0.25, 0.3) is 5.69 Å². The Hall–Kier alpha value is -4.99. The summed E-state index contributed by atoms with van der Waals surface area (Å²) in [5.41, 5.74) is 0.981. The van der Waals surface area contributed by atoms with E-state index in [2.05, 4.69) is 10.4 Å². The topological polar surface area (TPSA) is 103 Å². The lowest BCUT2D eigenvalue weighted by Gasteiger charge is -2.31. The Kier molecular flexibility index (Phi) is 8.38. The highest BCUT2D eigenvalue weighted by molar-refractivity contribution is 5.95. The summed E-state index contributed by atoms with van der Waals surface area (Å²) in [4.78, 5) is 40.6. The third-order valence-corrected chi connectivity index (χ3v) is 6.72. The second-order valence-electron chi connectivity index (χ2n) is 9.54. The van der Waals surface area contributed by atoms with Crippen molar-refractivity contribution in [1.82, 2.24) is 14.7 Å². The van der Waals surface area contributed by atoms with E-state index in [1.54, 1.807) is 48.2 Å². The third-order valence-electron chi connectivity index (χ3n) is 6.72. The number of amides is 1. The zero-order valence-corrected chi connectivity index (χ0v) is 22.5. The van der Waals surface area contributed by atoms with Crippen molar-refractivity contribution in [2.24, 2.45) is 5.92 Å². The summed E-state index contributed by atoms with van der Waals surface area (Å²) >= 11 is 0. The average Bonchev–Trinajstić information content (AvgIpc) is 3.00. The van der Waals surface area contributed by atoms with Crippen molar-refractivity contribution in [3.8, 4) is 17.2 Å². The van der Waals surface area contributed by atoms with E-state index >= 15 is 0 Å². The fourth-order valence-corrected chi connectivity index (χ4v) is 4.65. The van der Waals surface area contributed by atoms with Gasteiger partial charge in [0, 0.05) is 24.3 Å². The molecule has 210 valence electrons. The first-order chi connectivity index (χ1) is 19.9. The highest BCUT2D eigenvalue weighted by Crippen LogP contribution is 2.29. The number of nitrogens with one attached hydrogen (secondary N) is 1. The van der Waals surface area contributed by atoms with Crippen LogP contribution in [0.5, 0.6) is 11.5 Å². The Bertz CT molecular complexity index is 1570. The molecule has 4 aromatic rings. The average molecular weight is 557 g/mol. The SMILES string of the molecule is CCOC(=O)C1CCCN(C(=O)c2ccc(Nc3c(Oc4ccccc4)cnn(-c4ccc(F)cc4)c3=O)cc2)C1. The summed E-state index contributed by atoms with van der Waals surface area (Å²) in [6.07, 6.45) is 2.83. The summed E-state index contributed by atoms with van der Waals surface area (Å²) in [5.74, 6) is -0.507. The van der Waals surface area contributed by atoms with E-state index in [-0.39, 0.29) is 29.2 Å². The summed E-state index contributed by atoms with van der Waals surface area (Å²) in [6.45, 7) is 2.95. The largest absolute Gasteiger partial charge is 0.466 e. The summed E-state index contributed by atoms with van der Waals surface area (Å²) in [5, 5.41) is 7.34. The number of esters is 1. The number of halogens is 1. The molecule has 1 atom stereocenters. The predicted molar refractivity (Wildman–Crippen MR) is 151 cm³/mol. The maximum absolute atomic E-state index is 13.5. The normalized spacial score (nSPS) is 14.8. The van der Waals surface area contributed by atoms with Gasteiger partial charge in [-0.05, 0) is 80.4 Å². The molecule has 1 aliphatic rings. The van der Waals surface area contributed by atoms with Crippen LogP contribution in [-0.4, -0.2) is 46.3 Å². The Balaban J connectivity index is 1.39. The molecule has 1 fully saturated rings. The number of likely N-dealkylation sites (tertiary alicyclic amines) is 1. The van der Waals surface area contributed by atoms with E-state index in [9.17, 15) is 18.8 Å². The number of piperidine rings is 1. The van der Waals surface area contributed by atoms with E-state index in [0.717, 1.165) is 11.1 Å². The van der Waals surface area contributed by atoms with Gasteiger partial charge in [-0.3, -0.25) is 14.4 Å². The van der Waals surface area contributed by atoms with E-state index in [1.165, 1.54) is 30.5 Å². The molecule has 1 amide bonds. The Morgan fingerprint density at radius 1 is 1.02 bits per heavy atom. The van der Waals surface area contributed by atoms with Crippen molar-refractivity contribution in [3.05, 3.63) is 107 Å². The molecule has 1 aliphatic heterocycles. The van der Waals surface area contributed by atoms with Crippen molar-refractivity contribution >= 4 is 23.3 Å². The van der Waals surface area contributed by atoms with Gasteiger partial charge in [0.2, 0.25) is 0 Å². The van der Waals surface area contributed by atoms with Crippen LogP contribution in [0.1, 0.15) is 30.1 Å². The van der Waals surface area contributed by atoms with Crippen LogP contribution in [0.2, 0.25) is 0 Å². The monoisotopic (exact) mass is 556 g/mol. The number of hydrogen-bond donors (Lipinski definition) is 1. The number of anilines is 2. The molecule has 2 heterocycles. The molecule has 9 nitrogen and oxygen atoms in total. The van der Waals surface area contributed by atoms with Crippen molar-refractivity contribution < 1.29 is 23.5 Å². The van der Waals surface area contributed by atoms with Crippen LogP contribution in [0.3, 0.4) is 0 Å². The highest BCUT2D eigenvalue weighted by Gasteiger charge is 2.29. The minimum absolute atomic E-state index is 0.112. The van der Waals surface area contributed by atoms with Gasteiger partial charge in [0.1, 0.15) is 11.6 Å². The van der Waals surface area contributed by atoms with Gasteiger partial charge in [-0.15, -0.1) is 0 Å². The first-order valence-corrected chi connectivity index (χ1v) is 13.4. The number of nitrogens with zero attached hydrogens (tertiary/aromatic N) is 3. The number of carbonyl (C=O) groups is 2. The fourth-order valence-electron chi connectivity index (χ4n) is 4.65. The molecule has 1 N–H and O–H groups in total. The first-order valence-electron chi connectivity index (χ1n) is 13.4. The van der Waals surface area contributed by atoms with Crippen molar-refractivity contribution in [2.75, 3.05) is 25.0 Å². The molecule has 0 spiro atoms. The Morgan fingerprint density at radius 3 is 2.46 bits per heavy atom. The van der Waals surface area contributed by atoms with E-state index < -0.39 is 11.4 Å². The van der Waals surface area contributed by atoms with Crippen LogP contribution >= 0.6 is 0 Å². The number of ether oxygens (including phenoxy) is 2. The molecular weight excluding hydrogens is 527 g/mol. The standard InChI is InChI=1S/C31H29FN4O5/c1-2-40-31(39)22-7-6-18-35(20-22)29(37)21-10-14-24(15-11-21)34-28-27(41-26-8-4-3-5-9-26)19-33-36(30(28)38)25-16-12-23(32)13-17-25/h3-5,8-17,19,22,34H,2,6-7,18,20H2,1H3. The second-order valence-corrected chi connectivity index (χ2v) is 9.54. The quantitative estimate of drug-likeness (QED) is 0.293. The maximum atomic E-state index is 13.5. The number of rotatable bonds is 8. The molecule has 10 heteroatoms. The number of aromatic nitrogens is 2. The lowest BCUT2D eigenvalue weighted by atomic mass is 9.97. The summed E-state index contributed by atoms with van der Waals surface area (Å²) in [7, 11) is 0. The van der Waals surface area contributed by atoms with Crippen molar-refractivity contribution in [1.29, 1.82) is 0 Å². The predicted octanol–water partition coefficient (Wildman–Crippen LogP) is 5.32. The lowest BCUT2D eigenvalue weighted by Crippen LogP contribution is -2.42. The highest BCUT2D eigenvalue weighted by atomic mass is 19.1. The van der Waals surface area contributed by atoms with Crippen LogP contribution in [0, 0.1) is 11.7 Å². The number of benzene rings is 3. The van der Waals surface area contributed by atoms with Crippen LogP contribution < -0.4 is 15.6 Å². The summed E-state index contributed by atoms with van der Waals surface area (Å²) < 4.78 is 25.7. The minimum Gasteiger partial charge on any atom is -0.466 e. The zero-order chi connectivity index (χ0) is 28.8. The van der Waals surface area contributed by atoms with Crippen molar-refractivity contribution in [3.63, 3.8) is 0 Å². The van der Waals surface area contributed by atoms with Gasteiger partial charge < -0.3 is 19.7 Å². The molecule has 0 radical (unpaired) electrons. The maximum Gasteiger partial charge on any atom is 0.310 e. The number of carbonyl (C=O) groups excluding carboxylic acids is 2. The molecule has 1 saturated heterocycles. The second kappa shape index (κ2) is 12.5. The zero-order valence-electron chi connectivity index (χ0n) is 22.5. The van der Waals surface area contributed by atoms with Gasteiger partial charge in [-0.1, -0.05) is 18.2 Å². The van der Waals surface area contributed by atoms with Gasteiger partial charge in [-0.25, -0.2) is 4.39 Å². The van der Waals surface area contributed by atoms with Gasteiger partial charge in [0.25, 0.3) is 11.5 Å². The molecule has 1 unspecified atom stereocenters. The van der Waals surface area contributed by atoms with Crippen LogP contribution in [0.4, 0.5) is 15.8 Å². The van der Waals surface area contributed by atoms with Crippen molar-refractivity contribution in [2.45, 2.75) is 19.8 Å². The molecule has 0 saturated carbocycles. The van der Waals surface area contributed by atoms with Gasteiger partial charge >= 0.3 is 5.97 Å². The lowest BCUT2D eigenvalue weighted by molar-refractivity contribution is -0.149. The van der Waals surface area contributed by atoms with Gasteiger partial charge in [-0.2, -0.15) is 9.78 Å². The Morgan fingerprint density at radius 2 is 1.76 bits per heavy atom. The van der Waals surface area contributed by atoms with Gasteiger partial charge in [0.15, 0.2) is 11.4 Å². The van der Waals surface area contributed by atoms with Crippen LogP contribution in [-0.2, 0) is 9.53 Å². The third kappa shape index (κ3) is 6.43. The number of para-hydroxylation sites is 1. The molecule has 1 aromatic heterocycles. The minimum atomic E-state index is -0.511. The van der Waals surface area contributed by atoms with E-state index in [0.29, 0.717) is 48.8 Å². The van der Waals surface area contributed by atoms with E-state index in [1.807, 2.05) is 18.2 Å². The molecule has 41 heavy (non-hydrogen) atoms. The molecule has 3 aromatic carbocycles. The molecule has 5 rings (SSSR count). The first kappa shape index (κ1) is 27.6. The summed E-state index contributed by atoms with van der Waals surface area (Å²) in [6, 6.07) is 21.1. The molecule has 0 bridgehead atoms. The number of hydrogen-bond acceptors (Lipinski definition) is 7. The Labute approximate surface area is 236 Å². The van der Waals surface area contributed by atoms with Crippen LogP contribution in [0.15, 0.2) is 89.9 Å². The molecule has 0 aliphatic carbocycles.